The second-order valence-electron chi connectivity index (χ2n) is 3.77. The molecule has 1 aromatic rings. The lowest BCUT2D eigenvalue weighted by Crippen LogP contribution is -2.40. The lowest BCUT2D eigenvalue weighted by Gasteiger charge is -2.10. The van der Waals surface area contributed by atoms with Crippen LogP contribution >= 0.6 is 0 Å². The van der Waals surface area contributed by atoms with Gasteiger partial charge in [-0.3, -0.25) is 4.79 Å². The van der Waals surface area contributed by atoms with Gasteiger partial charge in [0.15, 0.2) is 0 Å². The number of alkyl halides is 3. The van der Waals surface area contributed by atoms with Crippen LogP contribution in [-0.4, -0.2) is 35.0 Å². The number of anilines is 1. The average molecular weight is 277 g/mol. The Morgan fingerprint density at radius 2 is 2.16 bits per heavy atom. The van der Waals surface area contributed by atoms with Crippen LogP contribution in [0.5, 0.6) is 0 Å². The van der Waals surface area contributed by atoms with Gasteiger partial charge in [0.2, 0.25) is 11.9 Å². The molecular weight excluding hydrogens is 263 g/mol. The van der Waals surface area contributed by atoms with Gasteiger partial charge in [-0.05, 0) is 13.0 Å². The highest BCUT2D eigenvalue weighted by Crippen LogP contribution is 2.27. The van der Waals surface area contributed by atoms with E-state index in [2.05, 4.69) is 20.6 Å². The molecule has 0 aliphatic heterocycles. The third kappa shape index (κ3) is 5.08. The second kappa shape index (κ2) is 6.32. The predicted molar refractivity (Wildman–Crippen MR) is 62.2 cm³/mol. The van der Waals surface area contributed by atoms with Crippen molar-refractivity contribution in [3.8, 4) is 0 Å². The van der Waals surface area contributed by atoms with Crippen LogP contribution in [0.1, 0.15) is 12.6 Å². The summed E-state index contributed by atoms with van der Waals surface area (Å²) >= 11 is 0. The van der Waals surface area contributed by atoms with Crippen molar-refractivity contribution in [2.75, 3.05) is 18.4 Å². The average Bonchev–Trinajstić information content (AvgIpc) is 2.33. The summed E-state index contributed by atoms with van der Waals surface area (Å²) in [7, 11) is 0. The van der Waals surface area contributed by atoms with E-state index in [4.69, 9.17) is 5.73 Å². The van der Waals surface area contributed by atoms with Crippen molar-refractivity contribution in [3.05, 3.63) is 18.0 Å². The summed E-state index contributed by atoms with van der Waals surface area (Å²) in [5.41, 5.74) is 4.29. The summed E-state index contributed by atoms with van der Waals surface area (Å²) in [6.45, 7) is 1.93. The molecule has 0 bridgehead atoms. The van der Waals surface area contributed by atoms with Gasteiger partial charge in [-0.25, -0.2) is 9.97 Å². The number of nitrogens with zero attached hydrogens (tertiary/aromatic N) is 2. The number of hydrogen-bond donors (Lipinski definition) is 3. The van der Waals surface area contributed by atoms with Crippen LogP contribution in [0.4, 0.5) is 19.1 Å². The Kier molecular flexibility index (Phi) is 5.04. The standard InChI is InChI=1S/C10H14F3N5O/c1-6(14)8(19)15-4-5-17-9-16-3-2-7(18-9)10(11,12)13/h2-3,6H,4-5,14H2,1H3,(H,15,19)(H,16,17,18)/t6-/m0/s1. The number of nitrogens with one attached hydrogen (secondary N) is 2. The van der Waals surface area contributed by atoms with Crippen LogP contribution < -0.4 is 16.4 Å². The zero-order chi connectivity index (χ0) is 14.5. The topological polar surface area (TPSA) is 92.9 Å². The van der Waals surface area contributed by atoms with Gasteiger partial charge in [0, 0.05) is 19.3 Å². The van der Waals surface area contributed by atoms with Crippen molar-refractivity contribution in [2.24, 2.45) is 5.73 Å². The number of hydrogen-bond acceptors (Lipinski definition) is 5. The van der Waals surface area contributed by atoms with Crippen molar-refractivity contribution in [1.82, 2.24) is 15.3 Å². The molecule has 1 rings (SSSR count). The maximum atomic E-state index is 12.4. The van der Waals surface area contributed by atoms with Gasteiger partial charge in [0.25, 0.3) is 0 Å². The molecule has 0 aliphatic carbocycles. The van der Waals surface area contributed by atoms with E-state index in [0.29, 0.717) is 0 Å². The summed E-state index contributed by atoms with van der Waals surface area (Å²) in [6.07, 6.45) is -3.50. The first-order valence-corrected chi connectivity index (χ1v) is 5.48. The minimum atomic E-state index is -4.51. The van der Waals surface area contributed by atoms with E-state index in [-0.39, 0.29) is 24.9 Å². The molecule has 0 spiro atoms. The molecule has 1 heterocycles. The molecule has 0 saturated heterocycles. The van der Waals surface area contributed by atoms with Gasteiger partial charge < -0.3 is 16.4 Å². The molecule has 0 fully saturated rings. The number of carbonyl (C=O) groups excluding carboxylic acids is 1. The van der Waals surface area contributed by atoms with E-state index < -0.39 is 17.9 Å². The smallest absolute Gasteiger partial charge is 0.353 e. The van der Waals surface area contributed by atoms with Gasteiger partial charge in [-0.15, -0.1) is 0 Å². The molecule has 106 valence electrons. The Bertz CT molecular complexity index is 435. The second-order valence-corrected chi connectivity index (χ2v) is 3.77. The molecule has 4 N–H and O–H groups in total. The van der Waals surface area contributed by atoms with Crippen molar-refractivity contribution in [3.63, 3.8) is 0 Å². The Labute approximate surface area is 107 Å². The maximum Gasteiger partial charge on any atom is 0.433 e. The van der Waals surface area contributed by atoms with Crippen molar-refractivity contribution < 1.29 is 18.0 Å². The highest BCUT2D eigenvalue weighted by Gasteiger charge is 2.32. The fraction of sp³-hybridized carbons (Fsp3) is 0.500. The van der Waals surface area contributed by atoms with Crippen LogP contribution in [0.3, 0.4) is 0 Å². The summed E-state index contributed by atoms with van der Waals surface area (Å²) in [5.74, 6) is -0.489. The third-order valence-corrected chi connectivity index (χ3v) is 2.07. The van der Waals surface area contributed by atoms with E-state index in [9.17, 15) is 18.0 Å². The lowest BCUT2D eigenvalue weighted by atomic mass is 10.3. The number of halogens is 3. The molecule has 0 aliphatic rings. The van der Waals surface area contributed by atoms with E-state index in [1.165, 1.54) is 6.92 Å². The Balaban J connectivity index is 2.44. The van der Waals surface area contributed by atoms with Crippen LogP contribution in [0.15, 0.2) is 12.3 Å². The van der Waals surface area contributed by atoms with Crippen LogP contribution in [0, 0.1) is 0 Å². The molecule has 9 heteroatoms. The number of nitrogens with two attached hydrogens (primary N) is 1. The van der Waals surface area contributed by atoms with Crippen LogP contribution in [0.2, 0.25) is 0 Å². The first-order valence-electron chi connectivity index (χ1n) is 5.48. The molecule has 1 amide bonds. The first kappa shape index (κ1) is 15.2. The summed E-state index contributed by atoms with van der Waals surface area (Å²) in [5, 5.41) is 5.07. The predicted octanol–water partition coefficient (Wildman–Crippen LogP) is 0.371. The minimum Gasteiger partial charge on any atom is -0.353 e. The van der Waals surface area contributed by atoms with Crippen LogP contribution in [-0.2, 0) is 11.0 Å². The first-order chi connectivity index (χ1) is 8.80. The fourth-order valence-corrected chi connectivity index (χ4v) is 1.12. The van der Waals surface area contributed by atoms with Gasteiger partial charge in [-0.2, -0.15) is 13.2 Å². The zero-order valence-corrected chi connectivity index (χ0v) is 10.2. The van der Waals surface area contributed by atoms with E-state index in [1.807, 2.05) is 0 Å². The summed E-state index contributed by atoms with van der Waals surface area (Å²) in [4.78, 5) is 18.1. The van der Waals surface area contributed by atoms with Gasteiger partial charge in [0.05, 0.1) is 6.04 Å². The molecule has 0 aromatic carbocycles. The van der Waals surface area contributed by atoms with Crippen molar-refractivity contribution in [2.45, 2.75) is 19.1 Å². The fourth-order valence-electron chi connectivity index (χ4n) is 1.12. The van der Waals surface area contributed by atoms with Gasteiger partial charge in [0.1, 0.15) is 5.69 Å². The molecule has 19 heavy (non-hydrogen) atoms. The maximum absolute atomic E-state index is 12.4. The van der Waals surface area contributed by atoms with E-state index in [0.717, 1.165) is 12.3 Å². The number of rotatable bonds is 5. The SMILES string of the molecule is C[C@H](N)C(=O)NCCNc1nccc(C(F)(F)F)n1. The van der Waals surface area contributed by atoms with Crippen LogP contribution in [0.25, 0.3) is 0 Å². The largest absolute Gasteiger partial charge is 0.433 e. The van der Waals surface area contributed by atoms with Crippen molar-refractivity contribution in [1.29, 1.82) is 0 Å². The molecule has 1 atom stereocenters. The van der Waals surface area contributed by atoms with Gasteiger partial charge >= 0.3 is 6.18 Å². The highest BCUT2D eigenvalue weighted by atomic mass is 19.4. The molecule has 0 radical (unpaired) electrons. The number of amides is 1. The quantitative estimate of drug-likeness (QED) is 0.676. The van der Waals surface area contributed by atoms with Crippen molar-refractivity contribution >= 4 is 11.9 Å². The normalized spacial score (nSPS) is 12.9. The molecule has 0 unspecified atom stereocenters. The molecule has 6 nitrogen and oxygen atoms in total. The highest BCUT2D eigenvalue weighted by molar-refractivity contribution is 5.80. The minimum absolute atomic E-state index is 0.148. The Hall–Kier alpha value is -1.90. The monoisotopic (exact) mass is 277 g/mol. The zero-order valence-electron chi connectivity index (χ0n) is 10.2. The lowest BCUT2D eigenvalue weighted by molar-refractivity contribution is -0.141. The molecular formula is C10H14F3N5O. The van der Waals surface area contributed by atoms with E-state index >= 15 is 0 Å². The van der Waals surface area contributed by atoms with Gasteiger partial charge in [-0.1, -0.05) is 0 Å². The molecule has 0 saturated carbocycles. The van der Waals surface area contributed by atoms with E-state index in [1.54, 1.807) is 0 Å². The summed E-state index contributed by atoms with van der Waals surface area (Å²) < 4.78 is 37.1. The third-order valence-electron chi connectivity index (χ3n) is 2.07. The molecule has 1 aromatic heterocycles. The number of carbonyl (C=O) groups is 1. The summed E-state index contributed by atoms with van der Waals surface area (Å²) in [6, 6.07) is 0.146. The Morgan fingerprint density at radius 1 is 1.47 bits per heavy atom. The number of aromatic nitrogens is 2. The Morgan fingerprint density at radius 3 is 2.74 bits per heavy atom.